The van der Waals surface area contributed by atoms with Crippen LogP contribution in [0.2, 0.25) is 0 Å². The van der Waals surface area contributed by atoms with E-state index >= 15 is 0 Å². The van der Waals surface area contributed by atoms with Gasteiger partial charge in [0.15, 0.2) is 0 Å². The van der Waals surface area contributed by atoms with Crippen LogP contribution >= 0.6 is 12.6 Å². The first-order valence-corrected chi connectivity index (χ1v) is 7.23. The molecule has 0 bridgehead atoms. The van der Waals surface area contributed by atoms with Crippen LogP contribution in [0.5, 0.6) is 0 Å². The predicted molar refractivity (Wildman–Crippen MR) is 80.6 cm³/mol. The average molecular weight is 287 g/mol. The molecule has 0 radical (unpaired) electrons. The molecule has 1 atom stereocenters. The van der Waals surface area contributed by atoms with Gasteiger partial charge in [-0.25, -0.2) is 0 Å². The molecule has 1 aromatic heterocycles. The Morgan fingerprint density at radius 3 is 2.70 bits per heavy atom. The van der Waals surface area contributed by atoms with E-state index < -0.39 is 0 Å². The average Bonchev–Trinajstić information content (AvgIpc) is 2.98. The normalized spacial score (nSPS) is 18.8. The van der Waals surface area contributed by atoms with Crippen molar-refractivity contribution in [1.82, 2.24) is 14.7 Å². The van der Waals surface area contributed by atoms with Crippen LogP contribution in [-0.4, -0.2) is 32.4 Å². The smallest absolute Gasteiger partial charge is 0.224 e. The highest BCUT2D eigenvalue weighted by Gasteiger charge is 2.27. The van der Waals surface area contributed by atoms with Crippen molar-refractivity contribution in [3.63, 3.8) is 0 Å². The lowest BCUT2D eigenvalue weighted by Crippen LogP contribution is -2.24. The van der Waals surface area contributed by atoms with E-state index in [9.17, 15) is 4.79 Å². The SMILES string of the molecule is O=C1CC(S)CN1Cc1cnn(Cc2ccccc2)c1. The monoisotopic (exact) mass is 287 g/mol. The molecule has 0 N–H and O–H groups in total. The second-order valence-electron chi connectivity index (χ2n) is 5.16. The van der Waals surface area contributed by atoms with Crippen molar-refractivity contribution in [2.45, 2.75) is 24.8 Å². The first kappa shape index (κ1) is 13.2. The van der Waals surface area contributed by atoms with Crippen LogP contribution in [0.1, 0.15) is 17.5 Å². The highest BCUT2D eigenvalue weighted by molar-refractivity contribution is 7.81. The quantitative estimate of drug-likeness (QED) is 0.873. The third-order valence-corrected chi connectivity index (χ3v) is 3.79. The van der Waals surface area contributed by atoms with Crippen molar-refractivity contribution in [1.29, 1.82) is 0 Å². The zero-order valence-corrected chi connectivity index (χ0v) is 12.0. The minimum absolute atomic E-state index is 0.168. The van der Waals surface area contributed by atoms with E-state index in [0.29, 0.717) is 13.0 Å². The molecule has 2 aromatic rings. The topological polar surface area (TPSA) is 38.1 Å². The number of benzene rings is 1. The van der Waals surface area contributed by atoms with Gasteiger partial charge >= 0.3 is 0 Å². The van der Waals surface area contributed by atoms with Crippen LogP contribution in [-0.2, 0) is 17.9 Å². The number of carbonyl (C=O) groups is 1. The van der Waals surface area contributed by atoms with Gasteiger partial charge in [-0.05, 0) is 5.56 Å². The van der Waals surface area contributed by atoms with Crippen molar-refractivity contribution in [2.24, 2.45) is 0 Å². The number of hydrogen-bond donors (Lipinski definition) is 1. The summed E-state index contributed by atoms with van der Waals surface area (Å²) in [6.07, 6.45) is 4.38. The molecule has 2 heterocycles. The molecule has 4 nitrogen and oxygen atoms in total. The summed E-state index contributed by atoms with van der Waals surface area (Å²) in [5, 5.41) is 4.53. The fraction of sp³-hybridized carbons (Fsp3) is 0.333. The summed E-state index contributed by atoms with van der Waals surface area (Å²) >= 11 is 4.37. The van der Waals surface area contributed by atoms with Crippen molar-refractivity contribution in [3.8, 4) is 0 Å². The molecular formula is C15H17N3OS. The molecule has 0 aliphatic carbocycles. The van der Waals surface area contributed by atoms with Gasteiger partial charge in [0.2, 0.25) is 5.91 Å². The fourth-order valence-electron chi connectivity index (χ4n) is 2.47. The third-order valence-electron chi connectivity index (χ3n) is 3.44. The van der Waals surface area contributed by atoms with E-state index in [1.54, 1.807) is 0 Å². The first-order chi connectivity index (χ1) is 9.70. The van der Waals surface area contributed by atoms with E-state index in [4.69, 9.17) is 0 Å². The van der Waals surface area contributed by atoms with Gasteiger partial charge in [-0.15, -0.1) is 0 Å². The van der Waals surface area contributed by atoms with Gasteiger partial charge in [0, 0.05) is 36.5 Å². The number of aromatic nitrogens is 2. The van der Waals surface area contributed by atoms with Crippen molar-refractivity contribution >= 4 is 18.5 Å². The van der Waals surface area contributed by atoms with Crippen LogP contribution in [0, 0.1) is 0 Å². The van der Waals surface area contributed by atoms with Gasteiger partial charge in [-0.2, -0.15) is 17.7 Å². The van der Waals surface area contributed by atoms with Gasteiger partial charge in [0.25, 0.3) is 0 Å². The Labute approximate surface area is 123 Å². The van der Waals surface area contributed by atoms with Gasteiger partial charge in [-0.3, -0.25) is 9.48 Å². The maximum atomic E-state index is 11.7. The fourth-order valence-corrected chi connectivity index (χ4v) is 2.82. The lowest BCUT2D eigenvalue weighted by atomic mass is 10.2. The molecule has 0 saturated carbocycles. The zero-order valence-electron chi connectivity index (χ0n) is 11.1. The molecule has 1 fully saturated rings. The maximum absolute atomic E-state index is 11.7. The van der Waals surface area contributed by atoms with E-state index in [2.05, 4.69) is 29.9 Å². The first-order valence-electron chi connectivity index (χ1n) is 6.72. The molecule has 1 unspecified atom stereocenters. The van der Waals surface area contributed by atoms with Crippen LogP contribution in [0.25, 0.3) is 0 Å². The number of thiol groups is 1. The van der Waals surface area contributed by atoms with Gasteiger partial charge in [0.05, 0.1) is 12.7 Å². The summed E-state index contributed by atoms with van der Waals surface area (Å²) in [7, 11) is 0. The molecule has 1 amide bonds. The summed E-state index contributed by atoms with van der Waals surface area (Å²) in [6.45, 7) is 2.11. The highest BCUT2D eigenvalue weighted by atomic mass is 32.1. The van der Waals surface area contributed by atoms with Gasteiger partial charge in [0.1, 0.15) is 0 Å². The summed E-state index contributed by atoms with van der Waals surface area (Å²) in [4.78, 5) is 13.6. The lowest BCUT2D eigenvalue weighted by Gasteiger charge is -2.14. The molecule has 1 aromatic carbocycles. The lowest BCUT2D eigenvalue weighted by molar-refractivity contribution is -0.128. The molecule has 1 aliphatic rings. The molecule has 3 rings (SSSR count). The molecular weight excluding hydrogens is 270 g/mol. The zero-order chi connectivity index (χ0) is 13.9. The minimum atomic E-state index is 0.168. The second kappa shape index (κ2) is 5.71. The Morgan fingerprint density at radius 1 is 1.20 bits per heavy atom. The maximum Gasteiger partial charge on any atom is 0.224 e. The number of rotatable bonds is 4. The largest absolute Gasteiger partial charge is 0.337 e. The minimum Gasteiger partial charge on any atom is -0.337 e. The Morgan fingerprint density at radius 2 is 2.00 bits per heavy atom. The van der Waals surface area contributed by atoms with Crippen molar-refractivity contribution in [3.05, 3.63) is 53.9 Å². The summed E-state index contributed by atoms with van der Waals surface area (Å²) in [6, 6.07) is 10.2. The Bertz CT molecular complexity index is 596. The van der Waals surface area contributed by atoms with E-state index in [1.807, 2.05) is 40.2 Å². The number of nitrogens with zero attached hydrogens (tertiary/aromatic N) is 3. The number of amides is 1. The molecule has 104 valence electrons. The van der Waals surface area contributed by atoms with Crippen LogP contribution in [0.15, 0.2) is 42.7 Å². The number of likely N-dealkylation sites (tertiary alicyclic amines) is 1. The standard InChI is InChI=1S/C15H17N3OS/c19-15-6-14(20)11-17(15)8-13-7-16-18(10-13)9-12-4-2-1-3-5-12/h1-5,7,10,14,20H,6,8-9,11H2. The molecule has 0 spiro atoms. The Kier molecular flexibility index (Phi) is 3.78. The molecule has 1 saturated heterocycles. The van der Waals surface area contributed by atoms with E-state index in [1.165, 1.54) is 5.56 Å². The van der Waals surface area contributed by atoms with Crippen LogP contribution in [0.3, 0.4) is 0 Å². The van der Waals surface area contributed by atoms with Crippen molar-refractivity contribution in [2.75, 3.05) is 6.54 Å². The number of hydrogen-bond acceptors (Lipinski definition) is 3. The summed E-state index contributed by atoms with van der Waals surface area (Å²) < 4.78 is 1.91. The third kappa shape index (κ3) is 3.04. The van der Waals surface area contributed by atoms with Gasteiger partial charge < -0.3 is 4.90 Å². The molecule has 5 heteroatoms. The van der Waals surface area contributed by atoms with E-state index in [-0.39, 0.29) is 11.2 Å². The van der Waals surface area contributed by atoms with E-state index in [0.717, 1.165) is 18.7 Å². The Balaban J connectivity index is 1.64. The van der Waals surface area contributed by atoms with Crippen LogP contribution in [0.4, 0.5) is 0 Å². The van der Waals surface area contributed by atoms with Crippen molar-refractivity contribution < 1.29 is 4.79 Å². The molecule has 20 heavy (non-hydrogen) atoms. The second-order valence-corrected chi connectivity index (χ2v) is 5.89. The summed E-state index contributed by atoms with van der Waals surface area (Å²) in [5.41, 5.74) is 2.28. The van der Waals surface area contributed by atoms with Gasteiger partial charge in [-0.1, -0.05) is 30.3 Å². The van der Waals surface area contributed by atoms with Crippen LogP contribution < -0.4 is 0 Å². The highest BCUT2D eigenvalue weighted by Crippen LogP contribution is 2.18. The summed E-state index contributed by atoms with van der Waals surface area (Å²) in [5.74, 6) is 0.181. The molecule has 1 aliphatic heterocycles. The predicted octanol–water partition coefficient (Wildman–Crippen LogP) is 1.96. The number of carbonyl (C=O) groups excluding carboxylic acids is 1. The Hall–Kier alpha value is -1.75.